The number of rotatable bonds is 4. The zero-order valence-electron chi connectivity index (χ0n) is 12.6. The Morgan fingerprint density at radius 1 is 1.32 bits per heavy atom. The first-order valence-corrected chi connectivity index (χ1v) is 7.72. The number of ether oxygens (including phenoxy) is 1. The van der Waals surface area contributed by atoms with Gasteiger partial charge in [0, 0.05) is 37.4 Å². The molecule has 7 heteroatoms. The molecule has 0 radical (unpaired) electrons. The topological polar surface area (TPSA) is 84.4 Å². The van der Waals surface area contributed by atoms with Crippen LogP contribution >= 0.6 is 0 Å². The Bertz CT molecular complexity index is 556. The third-order valence-corrected chi connectivity index (χ3v) is 3.93. The highest BCUT2D eigenvalue weighted by molar-refractivity contribution is 5.93. The molecule has 1 aliphatic carbocycles. The minimum Gasteiger partial charge on any atom is -0.450 e. The smallest absolute Gasteiger partial charge is 0.409 e. The third-order valence-electron chi connectivity index (χ3n) is 3.93. The van der Waals surface area contributed by atoms with E-state index in [0.29, 0.717) is 31.2 Å². The number of aromatic nitrogens is 2. The van der Waals surface area contributed by atoms with Crippen molar-refractivity contribution in [2.75, 3.05) is 19.7 Å². The molecule has 3 rings (SSSR count). The van der Waals surface area contributed by atoms with E-state index < -0.39 is 0 Å². The molecule has 1 N–H and O–H groups in total. The van der Waals surface area contributed by atoms with Crippen LogP contribution in [-0.4, -0.2) is 52.6 Å². The maximum atomic E-state index is 12.2. The number of hydrogen-bond donors (Lipinski definition) is 1. The van der Waals surface area contributed by atoms with Crippen LogP contribution in [0.15, 0.2) is 12.4 Å². The fourth-order valence-electron chi connectivity index (χ4n) is 2.54. The van der Waals surface area contributed by atoms with Crippen LogP contribution in [0.25, 0.3) is 0 Å². The van der Waals surface area contributed by atoms with Gasteiger partial charge in [0.25, 0.3) is 5.91 Å². The first-order valence-electron chi connectivity index (χ1n) is 7.72. The Labute approximate surface area is 129 Å². The maximum Gasteiger partial charge on any atom is 0.409 e. The number of amides is 2. The van der Waals surface area contributed by atoms with Gasteiger partial charge in [-0.15, -0.1) is 0 Å². The molecule has 1 saturated carbocycles. The highest BCUT2D eigenvalue weighted by Crippen LogP contribution is 2.37. The lowest BCUT2D eigenvalue weighted by molar-refractivity contribution is 0.0929. The SMILES string of the molecule is CCOC(=O)N1CC[C@H](NC(=O)c2cnc(C3CC3)nc2)C1. The van der Waals surface area contributed by atoms with Crippen LogP contribution in [0.4, 0.5) is 4.79 Å². The molecule has 0 spiro atoms. The van der Waals surface area contributed by atoms with Gasteiger partial charge in [-0.05, 0) is 26.2 Å². The average Bonchev–Trinajstić information content (AvgIpc) is 3.27. The first kappa shape index (κ1) is 14.7. The second-order valence-corrected chi connectivity index (χ2v) is 5.71. The predicted molar refractivity (Wildman–Crippen MR) is 78.5 cm³/mol. The Morgan fingerprint density at radius 2 is 2.05 bits per heavy atom. The molecule has 0 bridgehead atoms. The molecule has 2 heterocycles. The predicted octanol–water partition coefficient (Wildman–Crippen LogP) is 1.31. The third kappa shape index (κ3) is 3.35. The Morgan fingerprint density at radius 3 is 2.68 bits per heavy atom. The van der Waals surface area contributed by atoms with Crippen LogP contribution in [-0.2, 0) is 4.74 Å². The average molecular weight is 304 g/mol. The minimum absolute atomic E-state index is 0.0555. The number of nitrogens with one attached hydrogen (secondary N) is 1. The van der Waals surface area contributed by atoms with Gasteiger partial charge in [-0.1, -0.05) is 0 Å². The summed E-state index contributed by atoms with van der Waals surface area (Å²) in [6.07, 6.45) is 5.83. The van der Waals surface area contributed by atoms with E-state index in [0.717, 1.165) is 25.1 Å². The van der Waals surface area contributed by atoms with Gasteiger partial charge in [-0.3, -0.25) is 4.79 Å². The molecule has 22 heavy (non-hydrogen) atoms. The van der Waals surface area contributed by atoms with Gasteiger partial charge in [0.1, 0.15) is 5.82 Å². The second-order valence-electron chi connectivity index (χ2n) is 5.71. The molecule has 1 atom stereocenters. The van der Waals surface area contributed by atoms with Crippen LogP contribution in [0, 0.1) is 0 Å². The van der Waals surface area contributed by atoms with Gasteiger partial charge >= 0.3 is 6.09 Å². The molecule has 1 aromatic rings. The van der Waals surface area contributed by atoms with Gasteiger partial charge in [0.05, 0.1) is 12.2 Å². The molecule has 2 amide bonds. The number of carbonyl (C=O) groups excluding carboxylic acids is 2. The largest absolute Gasteiger partial charge is 0.450 e. The molecule has 2 fully saturated rings. The minimum atomic E-state index is -0.323. The van der Waals surface area contributed by atoms with Gasteiger partial charge in [0.2, 0.25) is 0 Å². The van der Waals surface area contributed by atoms with E-state index in [2.05, 4.69) is 15.3 Å². The number of carbonyl (C=O) groups is 2. The lowest BCUT2D eigenvalue weighted by Crippen LogP contribution is -2.38. The standard InChI is InChI=1S/C15H20N4O3/c1-2-22-15(21)19-6-5-12(9-19)18-14(20)11-7-16-13(17-8-11)10-3-4-10/h7-8,10,12H,2-6,9H2,1H3,(H,18,20)/t12-/m0/s1. The molecule has 7 nitrogen and oxygen atoms in total. The molecule has 1 aliphatic heterocycles. The van der Waals surface area contributed by atoms with Crippen LogP contribution < -0.4 is 5.32 Å². The number of hydrogen-bond acceptors (Lipinski definition) is 5. The van der Waals surface area contributed by atoms with Crippen molar-refractivity contribution in [3.05, 3.63) is 23.8 Å². The van der Waals surface area contributed by atoms with Crippen molar-refractivity contribution in [3.8, 4) is 0 Å². The molecule has 118 valence electrons. The van der Waals surface area contributed by atoms with Crippen LogP contribution in [0.5, 0.6) is 0 Å². The Hall–Kier alpha value is -2.18. The summed E-state index contributed by atoms with van der Waals surface area (Å²) in [5.41, 5.74) is 0.457. The highest BCUT2D eigenvalue weighted by atomic mass is 16.6. The molecule has 0 unspecified atom stereocenters. The summed E-state index contributed by atoms with van der Waals surface area (Å²) in [7, 11) is 0. The van der Waals surface area contributed by atoms with E-state index in [1.54, 1.807) is 24.2 Å². The van der Waals surface area contributed by atoms with Crippen LogP contribution in [0.2, 0.25) is 0 Å². The molecule has 0 aromatic carbocycles. The lowest BCUT2D eigenvalue weighted by atomic mass is 10.2. The van der Waals surface area contributed by atoms with Crippen molar-refractivity contribution in [3.63, 3.8) is 0 Å². The van der Waals surface area contributed by atoms with Crippen LogP contribution in [0.1, 0.15) is 48.3 Å². The van der Waals surface area contributed by atoms with Crippen molar-refractivity contribution in [1.29, 1.82) is 0 Å². The highest BCUT2D eigenvalue weighted by Gasteiger charge is 2.29. The number of nitrogens with zero attached hydrogens (tertiary/aromatic N) is 3. The quantitative estimate of drug-likeness (QED) is 0.906. The van der Waals surface area contributed by atoms with Crippen molar-refractivity contribution in [2.45, 2.75) is 38.1 Å². The Kier molecular flexibility index (Phi) is 4.22. The van der Waals surface area contributed by atoms with E-state index in [1.165, 1.54) is 0 Å². The molecule has 2 aliphatic rings. The van der Waals surface area contributed by atoms with Gasteiger partial charge in [-0.25, -0.2) is 14.8 Å². The van der Waals surface area contributed by atoms with Gasteiger partial charge < -0.3 is 15.0 Å². The maximum absolute atomic E-state index is 12.2. The summed E-state index contributed by atoms with van der Waals surface area (Å²) in [5.74, 6) is 1.11. The molecular weight excluding hydrogens is 284 g/mol. The van der Waals surface area contributed by atoms with E-state index >= 15 is 0 Å². The lowest BCUT2D eigenvalue weighted by Gasteiger charge is -2.16. The zero-order valence-corrected chi connectivity index (χ0v) is 12.6. The molecule has 1 aromatic heterocycles. The summed E-state index contributed by atoms with van der Waals surface area (Å²) in [4.78, 5) is 33.9. The zero-order chi connectivity index (χ0) is 15.5. The van der Waals surface area contributed by atoms with E-state index in [9.17, 15) is 9.59 Å². The molecule has 1 saturated heterocycles. The molecular formula is C15H20N4O3. The van der Waals surface area contributed by atoms with Gasteiger partial charge in [-0.2, -0.15) is 0 Å². The number of likely N-dealkylation sites (tertiary alicyclic amines) is 1. The van der Waals surface area contributed by atoms with E-state index in [-0.39, 0.29) is 18.0 Å². The summed E-state index contributed by atoms with van der Waals surface area (Å²) < 4.78 is 4.96. The van der Waals surface area contributed by atoms with Crippen LogP contribution in [0.3, 0.4) is 0 Å². The van der Waals surface area contributed by atoms with E-state index in [1.807, 2.05) is 0 Å². The van der Waals surface area contributed by atoms with Crippen molar-refractivity contribution in [1.82, 2.24) is 20.2 Å². The summed E-state index contributed by atoms with van der Waals surface area (Å²) in [6.45, 7) is 3.21. The van der Waals surface area contributed by atoms with Crippen molar-refractivity contribution >= 4 is 12.0 Å². The summed E-state index contributed by atoms with van der Waals surface area (Å²) in [6, 6.07) is -0.0555. The fraction of sp³-hybridized carbons (Fsp3) is 0.600. The summed E-state index contributed by atoms with van der Waals surface area (Å²) in [5, 5.41) is 2.92. The Balaban J connectivity index is 1.52. The first-order chi connectivity index (χ1) is 10.7. The van der Waals surface area contributed by atoms with Crippen molar-refractivity contribution < 1.29 is 14.3 Å². The van der Waals surface area contributed by atoms with Gasteiger partial charge in [0.15, 0.2) is 0 Å². The summed E-state index contributed by atoms with van der Waals surface area (Å²) >= 11 is 0. The van der Waals surface area contributed by atoms with Crippen molar-refractivity contribution in [2.24, 2.45) is 0 Å². The fourth-order valence-corrected chi connectivity index (χ4v) is 2.54. The monoisotopic (exact) mass is 304 g/mol. The second kappa shape index (κ2) is 6.29. The van der Waals surface area contributed by atoms with E-state index in [4.69, 9.17) is 4.74 Å². The normalized spacial score (nSPS) is 20.8.